The molecule has 0 aliphatic rings. The molecule has 0 aliphatic carbocycles. The second-order valence-electron chi connectivity index (χ2n) is 5.03. The van der Waals surface area contributed by atoms with E-state index < -0.39 is 5.60 Å². The van der Waals surface area contributed by atoms with Gasteiger partial charge in [0.2, 0.25) is 0 Å². The zero-order valence-electron chi connectivity index (χ0n) is 11.4. The van der Waals surface area contributed by atoms with Gasteiger partial charge in [0.05, 0.1) is 5.60 Å². The van der Waals surface area contributed by atoms with Crippen molar-refractivity contribution >= 4 is 5.78 Å². The van der Waals surface area contributed by atoms with E-state index in [-0.39, 0.29) is 5.78 Å². The molecular formula is C15H24O2. The molecule has 0 bridgehead atoms. The minimum atomic E-state index is -0.801. The highest BCUT2D eigenvalue weighted by Gasteiger charge is 2.13. The molecule has 2 heteroatoms. The standard InChI is InChI=1S/C15H24O2/c1-6-15(5,17)9-7-8-13(4)11-14(16)10-12(2)3/h6,10-11,17H,1,7-9H2,2-5H3/b13-11+/t15-/m1/s1. The predicted molar refractivity (Wildman–Crippen MR) is 72.9 cm³/mol. The maximum atomic E-state index is 11.5. The van der Waals surface area contributed by atoms with Gasteiger partial charge < -0.3 is 5.11 Å². The number of ketones is 1. The maximum Gasteiger partial charge on any atom is 0.178 e. The minimum Gasteiger partial charge on any atom is -0.386 e. The SMILES string of the molecule is C=C[C@@](C)(O)CCC/C(C)=C/C(=O)C=C(C)C. The summed E-state index contributed by atoms with van der Waals surface area (Å²) in [5.41, 5.74) is 1.26. The van der Waals surface area contributed by atoms with Crippen molar-refractivity contribution in [3.63, 3.8) is 0 Å². The van der Waals surface area contributed by atoms with Gasteiger partial charge in [0.1, 0.15) is 0 Å². The summed E-state index contributed by atoms with van der Waals surface area (Å²) in [5, 5.41) is 9.72. The van der Waals surface area contributed by atoms with Crippen molar-refractivity contribution in [3.8, 4) is 0 Å². The number of hydrogen-bond acceptors (Lipinski definition) is 2. The van der Waals surface area contributed by atoms with E-state index in [2.05, 4.69) is 6.58 Å². The van der Waals surface area contributed by atoms with Crippen molar-refractivity contribution < 1.29 is 9.90 Å². The number of rotatable bonds is 7. The van der Waals surface area contributed by atoms with E-state index in [1.54, 1.807) is 25.2 Å². The molecule has 17 heavy (non-hydrogen) atoms. The van der Waals surface area contributed by atoms with Crippen molar-refractivity contribution in [1.29, 1.82) is 0 Å². The van der Waals surface area contributed by atoms with Crippen LogP contribution in [0.1, 0.15) is 47.0 Å². The third-order valence-electron chi connectivity index (χ3n) is 2.51. The summed E-state index contributed by atoms with van der Waals surface area (Å²) in [6, 6.07) is 0. The van der Waals surface area contributed by atoms with Gasteiger partial charge in [0.15, 0.2) is 5.78 Å². The van der Waals surface area contributed by atoms with Crippen LogP contribution in [-0.2, 0) is 4.79 Å². The zero-order chi connectivity index (χ0) is 13.5. The Morgan fingerprint density at radius 3 is 2.35 bits per heavy atom. The fraction of sp³-hybridized carbons (Fsp3) is 0.533. The first-order valence-corrected chi connectivity index (χ1v) is 5.99. The number of carbonyl (C=O) groups is 1. The van der Waals surface area contributed by atoms with Gasteiger partial charge in [-0.1, -0.05) is 17.2 Å². The third-order valence-corrected chi connectivity index (χ3v) is 2.51. The Hall–Kier alpha value is -1.15. The van der Waals surface area contributed by atoms with Gasteiger partial charge in [-0.15, -0.1) is 6.58 Å². The molecule has 0 amide bonds. The van der Waals surface area contributed by atoms with Gasteiger partial charge in [0, 0.05) is 0 Å². The van der Waals surface area contributed by atoms with E-state index in [1.165, 1.54) is 0 Å². The van der Waals surface area contributed by atoms with Gasteiger partial charge in [-0.2, -0.15) is 0 Å². The number of carbonyl (C=O) groups excluding carboxylic acids is 1. The highest BCUT2D eigenvalue weighted by Crippen LogP contribution is 2.17. The molecule has 0 saturated heterocycles. The molecule has 0 saturated carbocycles. The lowest BCUT2D eigenvalue weighted by atomic mass is 9.97. The van der Waals surface area contributed by atoms with E-state index in [0.29, 0.717) is 6.42 Å². The molecule has 0 aliphatic heterocycles. The van der Waals surface area contributed by atoms with Crippen molar-refractivity contribution in [3.05, 3.63) is 36.0 Å². The quantitative estimate of drug-likeness (QED) is 0.542. The lowest BCUT2D eigenvalue weighted by Gasteiger charge is -2.17. The molecule has 1 atom stereocenters. The molecule has 0 radical (unpaired) electrons. The fourth-order valence-corrected chi connectivity index (χ4v) is 1.47. The fourth-order valence-electron chi connectivity index (χ4n) is 1.47. The second kappa shape index (κ2) is 7.23. The maximum absolute atomic E-state index is 11.5. The van der Waals surface area contributed by atoms with Gasteiger partial charge in [0.25, 0.3) is 0 Å². The Morgan fingerprint density at radius 1 is 1.29 bits per heavy atom. The zero-order valence-corrected chi connectivity index (χ0v) is 11.4. The van der Waals surface area contributed by atoms with Crippen molar-refractivity contribution in [2.24, 2.45) is 0 Å². The summed E-state index contributed by atoms with van der Waals surface area (Å²) in [6.07, 6.45) is 7.19. The molecule has 96 valence electrons. The molecule has 2 nitrogen and oxygen atoms in total. The summed E-state index contributed by atoms with van der Waals surface area (Å²) < 4.78 is 0. The van der Waals surface area contributed by atoms with Crippen LogP contribution in [0.4, 0.5) is 0 Å². The summed E-state index contributed by atoms with van der Waals surface area (Å²) in [7, 11) is 0. The van der Waals surface area contributed by atoms with Crippen LogP contribution >= 0.6 is 0 Å². The number of allylic oxidation sites excluding steroid dienone is 4. The highest BCUT2D eigenvalue weighted by molar-refractivity contribution is 5.99. The van der Waals surface area contributed by atoms with E-state index in [4.69, 9.17) is 0 Å². The Morgan fingerprint density at radius 2 is 1.88 bits per heavy atom. The first kappa shape index (κ1) is 15.9. The van der Waals surface area contributed by atoms with Crippen molar-refractivity contribution in [2.75, 3.05) is 0 Å². The Balaban J connectivity index is 4.15. The molecule has 0 aromatic carbocycles. The smallest absolute Gasteiger partial charge is 0.178 e. The first-order chi connectivity index (χ1) is 7.76. The number of aliphatic hydroxyl groups is 1. The lowest BCUT2D eigenvalue weighted by Crippen LogP contribution is -2.19. The lowest BCUT2D eigenvalue weighted by molar-refractivity contribution is -0.110. The topological polar surface area (TPSA) is 37.3 Å². The first-order valence-electron chi connectivity index (χ1n) is 5.99. The van der Waals surface area contributed by atoms with Crippen molar-refractivity contribution in [2.45, 2.75) is 52.6 Å². The molecule has 0 rings (SSSR count). The van der Waals surface area contributed by atoms with Gasteiger partial charge >= 0.3 is 0 Å². The Labute approximate surface area is 105 Å². The minimum absolute atomic E-state index is 0.0398. The van der Waals surface area contributed by atoms with Gasteiger partial charge in [-0.3, -0.25) is 4.79 Å². The van der Waals surface area contributed by atoms with Crippen LogP contribution in [0.25, 0.3) is 0 Å². The van der Waals surface area contributed by atoms with E-state index in [9.17, 15) is 9.90 Å². The molecule has 0 fully saturated rings. The molecule has 0 aromatic heterocycles. The van der Waals surface area contributed by atoms with Crippen LogP contribution in [0.15, 0.2) is 36.0 Å². The Kier molecular flexibility index (Phi) is 6.74. The van der Waals surface area contributed by atoms with E-state index >= 15 is 0 Å². The van der Waals surface area contributed by atoms with Gasteiger partial charge in [-0.25, -0.2) is 0 Å². The summed E-state index contributed by atoms with van der Waals surface area (Å²) in [6.45, 7) is 11.1. The molecular weight excluding hydrogens is 212 g/mol. The highest BCUT2D eigenvalue weighted by atomic mass is 16.3. The molecule has 0 aromatic rings. The van der Waals surface area contributed by atoms with Crippen LogP contribution in [0, 0.1) is 0 Å². The summed E-state index contributed by atoms with van der Waals surface area (Å²) in [5.74, 6) is 0.0398. The monoisotopic (exact) mass is 236 g/mol. The van der Waals surface area contributed by atoms with Gasteiger partial charge in [-0.05, 0) is 59.1 Å². The van der Waals surface area contributed by atoms with Crippen molar-refractivity contribution in [1.82, 2.24) is 0 Å². The Bertz CT molecular complexity index is 329. The molecule has 0 spiro atoms. The van der Waals surface area contributed by atoms with Crippen LogP contribution in [0.5, 0.6) is 0 Å². The largest absolute Gasteiger partial charge is 0.386 e. The van der Waals surface area contributed by atoms with Crippen LogP contribution in [0.3, 0.4) is 0 Å². The molecule has 0 heterocycles. The number of hydrogen-bond donors (Lipinski definition) is 1. The average molecular weight is 236 g/mol. The second-order valence-corrected chi connectivity index (χ2v) is 5.03. The summed E-state index contributed by atoms with van der Waals surface area (Å²) >= 11 is 0. The average Bonchev–Trinajstić information content (AvgIpc) is 2.15. The van der Waals surface area contributed by atoms with E-state index in [1.807, 2.05) is 20.8 Å². The van der Waals surface area contributed by atoms with Crippen LogP contribution in [0.2, 0.25) is 0 Å². The van der Waals surface area contributed by atoms with Crippen LogP contribution in [-0.4, -0.2) is 16.5 Å². The van der Waals surface area contributed by atoms with E-state index in [0.717, 1.165) is 24.0 Å². The molecule has 1 N–H and O–H groups in total. The normalized spacial score (nSPS) is 15.0. The molecule has 0 unspecified atom stereocenters. The predicted octanol–water partition coefficient (Wildman–Crippen LogP) is 3.58. The third kappa shape index (κ3) is 8.64. The summed E-state index contributed by atoms with van der Waals surface area (Å²) in [4.78, 5) is 11.5. The van der Waals surface area contributed by atoms with Crippen LogP contribution < -0.4 is 0 Å².